The van der Waals surface area contributed by atoms with Gasteiger partial charge in [-0.1, -0.05) is 18.2 Å². The SMILES string of the molecule is COc1cc(-c2ccc3c(c2)CCCC3)cc(CN)c1OC. The van der Waals surface area contributed by atoms with Crippen LogP contribution >= 0.6 is 0 Å². The van der Waals surface area contributed by atoms with E-state index in [1.54, 1.807) is 14.2 Å². The smallest absolute Gasteiger partial charge is 0.165 e. The molecule has 0 saturated carbocycles. The molecule has 0 aromatic heterocycles. The molecule has 0 unspecified atom stereocenters. The minimum absolute atomic E-state index is 0.429. The number of hydrogen-bond donors (Lipinski definition) is 1. The summed E-state index contributed by atoms with van der Waals surface area (Å²) in [5.74, 6) is 1.46. The predicted octanol–water partition coefficient (Wildman–Crippen LogP) is 3.71. The van der Waals surface area contributed by atoms with Gasteiger partial charge in [0.25, 0.3) is 0 Å². The molecule has 22 heavy (non-hydrogen) atoms. The maximum Gasteiger partial charge on any atom is 0.165 e. The first-order valence-electron chi connectivity index (χ1n) is 7.84. The number of fused-ring (bicyclic) bond motifs is 1. The summed E-state index contributed by atoms with van der Waals surface area (Å²) in [5.41, 5.74) is 12.2. The van der Waals surface area contributed by atoms with Crippen LogP contribution in [0.3, 0.4) is 0 Å². The van der Waals surface area contributed by atoms with Crippen molar-refractivity contribution < 1.29 is 9.47 Å². The molecule has 1 aliphatic rings. The van der Waals surface area contributed by atoms with Crippen molar-refractivity contribution in [3.8, 4) is 22.6 Å². The van der Waals surface area contributed by atoms with E-state index in [1.807, 2.05) is 6.07 Å². The van der Waals surface area contributed by atoms with Gasteiger partial charge in [0.2, 0.25) is 0 Å². The third kappa shape index (κ3) is 2.69. The number of benzene rings is 2. The van der Waals surface area contributed by atoms with Crippen LogP contribution in [0.1, 0.15) is 29.5 Å². The zero-order valence-electron chi connectivity index (χ0n) is 13.3. The second-order valence-electron chi connectivity index (χ2n) is 5.77. The van der Waals surface area contributed by atoms with Crippen LogP contribution in [-0.2, 0) is 19.4 Å². The van der Waals surface area contributed by atoms with Gasteiger partial charge in [0.05, 0.1) is 14.2 Å². The van der Waals surface area contributed by atoms with Crippen molar-refractivity contribution in [3.63, 3.8) is 0 Å². The Morgan fingerprint density at radius 1 is 0.909 bits per heavy atom. The highest BCUT2D eigenvalue weighted by atomic mass is 16.5. The Kier molecular flexibility index (Phi) is 4.34. The fourth-order valence-corrected chi connectivity index (χ4v) is 3.27. The van der Waals surface area contributed by atoms with Crippen molar-refractivity contribution in [2.75, 3.05) is 14.2 Å². The van der Waals surface area contributed by atoms with Gasteiger partial charge in [-0.05, 0) is 60.1 Å². The predicted molar refractivity (Wildman–Crippen MR) is 89.5 cm³/mol. The second kappa shape index (κ2) is 6.41. The molecule has 0 bridgehead atoms. The number of nitrogens with two attached hydrogens (primary N) is 1. The molecule has 1 aliphatic carbocycles. The van der Waals surface area contributed by atoms with Crippen molar-refractivity contribution >= 4 is 0 Å². The molecule has 2 N–H and O–H groups in total. The third-order valence-corrected chi connectivity index (χ3v) is 4.46. The molecule has 0 saturated heterocycles. The topological polar surface area (TPSA) is 44.5 Å². The molecule has 2 aromatic rings. The lowest BCUT2D eigenvalue weighted by Gasteiger charge is -2.18. The maximum atomic E-state index is 5.87. The average Bonchev–Trinajstić information content (AvgIpc) is 2.59. The van der Waals surface area contributed by atoms with E-state index in [9.17, 15) is 0 Å². The summed E-state index contributed by atoms with van der Waals surface area (Å²) >= 11 is 0. The summed E-state index contributed by atoms with van der Waals surface area (Å²) in [5, 5.41) is 0. The zero-order valence-corrected chi connectivity index (χ0v) is 13.3. The molecular weight excluding hydrogens is 274 g/mol. The van der Waals surface area contributed by atoms with Gasteiger partial charge < -0.3 is 15.2 Å². The molecular formula is C19H23NO2. The quantitative estimate of drug-likeness (QED) is 0.935. The molecule has 3 heteroatoms. The van der Waals surface area contributed by atoms with Crippen molar-refractivity contribution in [1.29, 1.82) is 0 Å². The van der Waals surface area contributed by atoms with Crippen LogP contribution in [0.5, 0.6) is 11.5 Å². The molecule has 0 atom stereocenters. The van der Waals surface area contributed by atoms with Crippen molar-refractivity contribution in [3.05, 3.63) is 47.0 Å². The van der Waals surface area contributed by atoms with Crippen LogP contribution in [0, 0.1) is 0 Å². The van der Waals surface area contributed by atoms with Gasteiger partial charge in [0, 0.05) is 12.1 Å². The second-order valence-corrected chi connectivity index (χ2v) is 5.77. The van der Waals surface area contributed by atoms with Gasteiger partial charge in [-0.15, -0.1) is 0 Å². The zero-order chi connectivity index (χ0) is 15.5. The van der Waals surface area contributed by atoms with Crippen molar-refractivity contribution in [2.45, 2.75) is 32.2 Å². The van der Waals surface area contributed by atoms with Gasteiger partial charge in [0.15, 0.2) is 11.5 Å². The van der Waals surface area contributed by atoms with Gasteiger partial charge in [0.1, 0.15) is 0 Å². The lowest BCUT2D eigenvalue weighted by Crippen LogP contribution is -2.04. The average molecular weight is 297 g/mol. The first-order valence-corrected chi connectivity index (χ1v) is 7.84. The number of rotatable bonds is 4. The van der Waals surface area contributed by atoms with Crippen LogP contribution in [0.4, 0.5) is 0 Å². The fourth-order valence-electron chi connectivity index (χ4n) is 3.27. The molecule has 0 fully saturated rings. The molecule has 116 valence electrons. The molecule has 2 aromatic carbocycles. The fraction of sp³-hybridized carbons (Fsp3) is 0.368. The summed E-state index contributed by atoms with van der Waals surface area (Å²) in [6.45, 7) is 0.429. The summed E-state index contributed by atoms with van der Waals surface area (Å²) < 4.78 is 10.9. The summed E-state index contributed by atoms with van der Waals surface area (Å²) in [7, 11) is 3.31. The van der Waals surface area contributed by atoms with E-state index in [-0.39, 0.29) is 0 Å². The van der Waals surface area contributed by atoms with Gasteiger partial charge in [-0.25, -0.2) is 0 Å². The van der Waals surface area contributed by atoms with E-state index in [2.05, 4.69) is 24.3 Å². The van der Waals surface area contributed by atoms with Gasteiger partial charge in [-0.2, -0.15) is 0 Å². The molecule has 0 spiro atoms. The first-order chi connectivity index (χ1) is 10.8. The summed E-state index contributed by atoms with van der Waals surface area (Å²) in [6.07, 6.45) is 4.98. The Morgan fingerprint density at radius 2 is 1.68 bits per heavy atom. The molecule has 0 radical (unpaired) electrons. The number of aryl methyl sites for hydroxylation is 2. The Bertz CT molecular complexity index is 654. The third-order valence-electron chi connectivity index (χ3n) is 4.46. The van der Waals surface area contributed by atoms with E-state index < -0.39 is 0 Å². The summed E-state index contributed by atoms with van der Waals surface area (Å²) in [4.78, 5) is 0. The van der Waals surface area contributed by atoms with Crippen molar-refractivity contribution in [1.82, 2.24) is 0 Å². The lowest BCUT2D eigenvalue weighted by molar-refractivity contribution is 0.352. The molecule has 0 aliphatic heterocycles. The highest BCUT2D eigenvalue weighted by Crippen LogP contribution is 2.37. The van der Waals surface area contributed by atoms with Crippen LogP contribution in [0.2, 0.25) is 0 Å². The van der Waals surface area contributed by atoms with Crippen LogP contribution in [0.25, 0.3) is 11.1 Å². The highest BCUT2D eigenvalue weighted by Gasteiger charge is 2.14. The van der Waals surface area contributed by atoms with E-state index in [0.717, 1.165) is 22.6 Å². The lowest BCUT2D eigenvalue weighted by atomic mass is 9.89. The number of hydrogen-bond acceptors (Lipinski definition) is 3. The van der Waals surface area contributed by atoms with E-state index >= 15 is 0 Å². The largest absolute Gasteiger partial charge is 0.493 e. The van der Waals surface area contributed by atoms with E-state index in [0.29, 0.717) is 6.54 Å². The molecule has 0 amide bonds. The van der Waals surface area contributed by atoms with Crippen LogP contribution in [-0.4, -0.2) is 14.2 Å². The van der Waals surface area contributed by atoms with E-state index in [1.165, 1.54) is 42.4 Å². The van der Waals surface area contributed by atoms with Crippen LogP contribution < -0.4 is 15.2 Å². The minimum Gasteiger partial charge on any atom is -0.493 e. The van der Waals surface area contributed by atoms with E-state index in [4.69, 9.17) is 15.2 Å². The first kappa shape index (κ1) is 14.9. The van der Waals surface area contributed by atoms with Crippen molar-refractivity contribution in [2.24, 2.45) is 5.73 Å². The minimum atomic E-state index is 0.429. The van der Waals surface area contributed by atoms with Crippen LogP contribution in [0.15, 0.2) is 30.3 Å². The Labute approximate surface area is 132 Å². The van der Waals surface area contributed by atoms with Gasteiger partial charge in [-0.3, -0.25) is 0 Å². The Morgan fingerprint density at radius 3 is 2.36 bits per heavy atom. The van der Waals surface area contributed by atoms with Gasteiger partial charge >= 0.3 is 0 Å². The Balaban J connectivity index is 2.08. The maximum absolute atomic E-state index is 5.87. The normalized spacial score (nSPS) is 13.6. The molecule has 0 heterocycles. The monoisotopic (exact) mass is 297 g/mol. The number of methoxy groups -OCH3 is 2. The Hall–Kier alpha value is -2.00. The summed E-state index contributed by atoms with van der Waals surface area (Å²) in [6, 6.07) is 10.9. The number of ether oxygens (including phenoxy) is 2. The molecule has 3 nitrogen and oxygen atoms in total. The standard InChI is InChI=1S/C19H23NO2/c1-21-18-11-16(10-17(12-20)19(18)22-2)15-8-7-13-5-3-4-6-14(13)9-15/h7-11H,3-6,12,20H2,1-2H3. The highest BCUT2D eigenvalue weighted by molar-refractivity contribution is 5.70. The molecule has 3 rings (SSSR count).